The van der Waals surface area contributed by atoms with E-state index in [-0.39, 0.29) is 5.82 Å². The van der Waals surface area contributed by atoms with Crippen molar-refractivity contribution in [3.05, 3.63) is 34.1 Å². The highest BCUT2D eigenvalue weighted by atomic mass is 79.9. The van der Waals surface area contributed by atoms with Crippen molar-refractivity contribution >= 4 is 15.9 Å². The quantitative estimate of drug-likeness (QED) is 0.828. The molecule has 2 nitrogen and oxygen atoms in total. The molecule has 18 heavy (non-hydrogen) atoms. The van der Waals surface area contributed by atoms with E-state index in [4.69, 9.17) is 0 Å². The summed E-state index contributed by atoms with van der Waals surface area (Å²) in [5.41, 5.74) is 0.369. The van der Waals surface area contributed by atoms with Gasteiger partial charge >= 0.3 is 0 Å². The first-order valence-electron chi connectivity index (χ1n) is 6.36. The minimum atomic E-state index is -0.744. The number of rotatable bonds is 7. The zero-order chi connectivity index (χ0) is 13.5. The summed E-state index contributed by atoms with van der Waals surface area (Å²) in [6, 6.07) is 4.66. The monoisotopic (exact) mass is 317 g/mol. The zero-order valence-corrected chi connectivity index (χ0v) is 12.6. The number of hydrogen-bond donors (Lipinski definition) is 1. The number of aliphatic hydroxyl groups is 1. The molecule has 0 aliphatic rings. The van der Waals surface area contributed by atoms with E-state index in [1.807, 2.05) is 7.05 Å². The Bertz CT molecular complexity index is 373. The summed E-state index contributed by atoms with van der Waals surface area (Å²) in [5, 5.41) is 10.0. The highest BCUT2D eigenvalue weighted by Gasteiger charge is 2.13. The minimum Gasteiger partial charge on any atom is -0.388 e. The van der Waals surface area contributed by atoms with Crippen LogP contribution in [0.25, 0.3) is 0 Å². The van der Waals surface area contributed by atoms with Crippen LogP contribution < -0.4 is 0 Å². The molecular formula is C14H21BrFNO. The van der Waals surface area contributed by atoms with E-state index in [2.05, 4.69) is 27.8 Å². The lowest BCUT2D eigenvalue weighted by Gasteiger charge is -2.19. The van der Waals surface area contributed by atoms with Crippen molar-refractivity contribution in [1.29, 1.82) is 0 Å². The predicted octanol–water partition coefficient (Wildman–Crippen LogP) is 3.74. The number of benzene rings is 1. The molecule has 0 saturated heterocycles. The fraction of sp³-hybridized carbons (Fsp3) is 0.571. The third-order valence-electron chi connectivity index (χ3n) is 2.99. The van der Waals surface area contributed by atoms with E-state index >= 15 is 0 Å². The van der Waals surface area contributed by atoms with Crippen LogP contribution in [0, 0.1) is 5.82 Å². The average Bonchev–Trinajstić information content (AvgIpc) is 2.36. The van der Waals surface area contributed by atoms with Crippen LogP contribution in [-0.4, -0.2) is 30.1 Å². The van der Waals surface area contributed by atoms with E-state index in [1.54, 1.807) is 12.1 Å². The molecule has 1 aromatic rings. The fourth-order valence-electron chi connectivity index (χ4n) is 1.81. The van der Waals surface area contributed by atoms with Gasteiger partial charge in [-0.2, -0.15) is 0 Å². The molecule has 102 valence electrons. The first-order chi connectivity index (χ1) is 8.54. The second-order valence-corrected chi connectivity index (χ2v) is 5.54. The van der Waals surface area contributed by atoms with Crippen LogP contribution in [0.2, 0.25) is 0 Å². The maximum absolute atomic E-state index is 13.6. The van der Waals surface area contributed by atoms with Crippen molar-refractivity contribution in [2.45, 2.75) is 32.3 Å². The van der Waals surface area contributed by atoms with Gasteiger partial charge in [0.2, 0.25) is 0 Å². The third-order valence-corrected chi connectivity index (χ3v) is 3.49. The molecule has 1 unspecified atom stereocenters. The lowest BCUT2D eigenvalue weighted by atomic mass is 10.1. The van der Waals surface area contributed by atoms with Gasteiger partial charge in [-0.15, -0.1) is 0 Å². The van der Waals surface area contributed by atoms with Crippen LogP contribution in [0.1, 0.15) is 37.9 Å². The Labute approximate surface area is 117 Å². The van der Waals surface area contributed by atoms with Crippen LogP contribution >= 0.6 is 15.9 Å². The van der Waals surface area contributed by atoms with E-state index in [0.29, 0.717) is 12.0 Å². The largest absolute Gasteiger partial charge is 0.388 e. The van der Waals surface area contributed by atoms with Crippen molar-refractivity contribution < 1.29 is 9.50 Å². The molecular weight excluding hydrogens is 297 g/mol. The van der Waals surface area contributed by atoms with Gasteiger partial charge in [0, 0.05) is 16.6 Å². The molecule has 0 aliphatic carbocycles. The molecule has 0 aliphatic heterocycles. The van der Waals surface area contributed by atoms with Crippen molar-refractivity contribution in [2.75, 3.05) is 20.1 Å². The molecule has 1 atom stereocenters. The zero-order valence-electron chi connectivity index (χ0n) is 11.0. The average molecular weight is 318 g/mol. The van der Waals surface area contributed by atoms with Gasteiger partial charge in [0.15, 0.2) is 0 Å². The maximum atomic E-state index is 13.6. The first-order valence-corrected chi connectivity index (χ1v) is 7.15. The van der Waals surface area contributed by atoms with Crippen LogP contribution in [0.15, 0.2) is 22.7 Å². The van der Waals surface area contributed by atoms with E-state index in [0.717, 1.165) is 30.4 Å². The first kappa shape index (κ1) is 15.6. The SMILES string of the molecule is CCCCN(C)CCC(O)c1cc(Br)ccc1F. The van der Waals surface area contributed by atoms with Gasteiger partial charge in [-0.1, -0.05) is 29.3 Å². The van der Waals surface area contributed by atoms with Gasteiger partial charge in [0.25, 0.3) is 0 Å². The topological polar surface area (TPSA) is 23.5 Å². The molecule has 0 saturated carbocycles. The summed E-state index contributed by atoms with van der Waals surface area (Å²) >= 11 is 3.29. The van der Waals surface area contributed by atoms with Crippen molar-refractivity contribution in [2.24, 2.45) is 0 Å². The summed E-state index contributed by atoms with van der Waals surface area (Å²) < 4.78 is 14.3. The van der Waals surface area contributed by atoms with Gasteiger partial charge in [-0.25, -0.2) is 4.39 Å². The van der Waals surface area contributed by atoms with Crippen LogP contribution in [0.5, 0.6) is 0 Å². The molecule has 4 heteroatoms. The molecule has 1 aromatic carbocycles. The Morgan fingerprint density at radius 1 is 1.39 bits per heavy atom. The Kier molecular flexibility index (Phi) is 6.82. The number of aliphatic hydroxyl groups excluding tert-OH is 1. The Morgan fingerprint density at radius 2 is 2.11 bits per heavy atom. The second-order valence-electron chi connectivity index (χ2n) is 4.63. The Balaban J connectivity index is 2.49. The second kappa shape index (κ2) is 7.87. The molecule has 0 heterocycles. The Hall–Kier alpha value is -0.450. The molecule has 0 fully saturated rings. The van der Waals surface area contributed by atoms with Gasteiger partial charge in [0.05, 0.1) is 6.10 Å². The van der Waals surface area contributed by atoms with Crippen LogP contribution in [0.3, 0.4) is 0 Å². The molecule has 0 spiro atoms. The molecule has 1 N–H and O–H groups in total. The highest BCUT2D eigenvalue weighted by Crippen LogP contribution is 2.24. The number of halogens is 2. The van der Waals surface area contributed by atoms with E-state index < -0.39 is 6.10 Å². The van der Waals surface area contributed by atoms with Gasteiger partial charge < -0.3 is 10.0 Å². The van der Waals surface area contributed by atoms with Crippen molar-refractivity contribution in [3.8, 4) is 0 Å². The molecule has 0 aromatic heterocycles. The Morgan fingerprint density at radius 3 is 2.78 bits per heavy atom. The smallest absolute Gasteiger partial charge is 0.129 e. The molecule has 1 rings (SSSR count). The standard InChI is InChI=1S/C14H21BrFNO/c1-3-4-8-17(2)9-7-14(18)12-10-11(15)5-6-13(12)16/h5-6,10,14,18H,3-4,7-9H2,1-2H3. The fourth-order valence-corrected chi connectivity index (χ4v) is 2.19. The predicted molar refractivity (Wildman–Crippen MR) is 76.1 cm³/mol. The number of unbranched alkanes of at least 4 members (excludes halogenated alkanes) is 1. The lowest BCUT2D eigenvalue weighted by molar-refractivity contribution is 0.145. The summed E-state index contributed by atoms with van der Waals surface area (Å²) in [5.74, 6) is -0.345. The van der Waals surface area contributed by atoms with Crippen LogP contribution in [-0.2, 0) is 0 Å². The van der Waals surface area contributed by atoms with E-state index in [1.165, 1.54) is 6.07 Å². The van der Waals surface area contributed by atoms with Crippen LogP contribution in [0.4, 0.5) is 4.39 Å². The third kappa shape index (κ3) is 5.04. The molecule has 0 amide bonds. The van der Waals surface area contributed by atoms with Crippen molar-refractivity contribution in [3.63, 3.8) is 0 Å². The number of nitrogens with zero attached hydrogens (tertiary/aromatic N) is 1. The highest BCUT2D eigenvalue weighted by molar-refractivity contribution is 9.10. The van der Waals surface area contributed by atoms with Crippen molar-refractivity contribution in [1.82, 2.24) is 4.90 Å². The van der Waals surface area contributed by atoms with Gasteiger partial charge in [-0.05, 0) is 44.6 Å². The van der Waals surface area contributed by atoms with E-state index in [9.17, 15) is 9.50 Å². The summed E-state index contributed by atoms with van der Waals surface area (Å²) in [6.07, 6.45) is 2.12. The summed E-state index contributed by atoms with van der Waals surface area (Å²) in [6.45, 7) is 3.94. The lowest BCUT2D eigenvalue weighted by Crippen LogP contribution is -2.22. The number of hydrogen-bond acceptors (Lipinski definition) is 2. The molecule has 0 radical (unpaired) electrons. The molecule has 0 bridgehead atoms. The normalized spacial score (nSPS) is 13.0. The van der Waals surface area contributed by atoms with Gasteiger partial charge in [-0.3, -0.25) is 0 Å². The van der Waals surface area contributed by atoms with Gasteiger partial charge in [0.1, 0.15) is 5.82 Å². The maximum Gasteiger partial charge on any atom is 0.129 e. The summed E-state index contributed by atoms with van der Waals surface area (Å²) in [4.78, 5) is 2.17. The minimum absolute atomic E-state index is 0.345. The summed E-state index contributed by atoms with van der Waals surface area (Å²) in [7, 11) is 2.03.